The molecule has 0 fully saturated rings. The molecule has 0 heterocycles. The molecule has 144 valence electrons. The van der Waals surface area contributed by atoms with Crippen molar-refractivity contribution in [2.75, 3.05) is 33.1 Å². The first-order valence-corrected chi connectivity index (χ1v) is 10.3. The molecule has 0 aliphatic rings. The molecule has 0 saturated carbocycles. The van der Waals surface area contributed by atoms with Crippen LogP contribution in [0.5, 0.6) is 0 Å². The third-order valence-electron chi connectivity index (χ3n) is 3.05. The van der Waals surface area contributed by atoms with Gasteiger partial charge in [-0.1, -0.05) is 13.2 Å². The molecule has 7 nitrogen and oxygen atoms in total. The monoisotopic (exact) mass is 376 g/mol. The van der Waals surface area contributed by atoms with Gasteiger partial charge in [-0.3, -0.25) is 4.57 Å². The second-order valence-corrected chi connectivity index (χ2v) is 7.36. The fraction of sp³-hybridized carbons (Fsp3) is 0.647. The molecule has 0 N–H and O–H groups in total. The van der Waals surface area contributed by atoms with Gasteiger partial charge in [0.15, 0.2) is 0 Å². The van der Waals surface area contributed by atoms with E-state index in [9.17, 15) is 14.2 Å². The predicted octanol–water partition coefficient (Wildman–Crippen LogP) is 3.64. The molecular weight excluding hydrogens is 347 g/mol. The van der Waals surface area contributed by atoms with Crippen LogP contribution in [0.2, 0.25) is 0 Å². The third kappa shape index (κ3) is 15.8. The average Bonchev–Trinajstić information content (AvgIpc) is 2.59. The first kappa shape index (κ1) is 23.6. The summed E-state index contributed by atoms with van der Waals surface area (Å²) in [5, 5.41) is 0. The van der Waals surface area contributed by atoms with E-state index in [0.717, 1.165) is 25.0 Å². The van der Waals surface area contributed by atoms with E-state index in [0.29, 0.717) is 52.1 Å². The van der Waals surface area contributed by atoms with Gasteiger partial charge in [-0.05, 0) is 38.5 Å². The lowest BCUT2D eigenvalue weighted by atomic mass is 10.2. The van der Waals surface area contributed by atoms with Crippen LogP contribution in [0.25, 0.3) is 0 Å². The minimum atomic E-state index is -3.04. The lowest BCUT2D eigenvalue weighted by Crippen LogP contribution is -2.03. The van der Waals surface area contributed by atoms with Crippen LogP contribution < -0.4 is 0 Å². The summed E-state index contributed by atoms with van der Waals surface area (Å²) < 4.78 is 32.3. The van der Waals surface area contributed by atoms with Crippen molar-refractivity contribution in [2.24, 2.45) is 0 Å². The van der Waals surface area contributed by atoms with Gasteiger partial charge in [0.1, 0.15) is 0 Å². The summed E-state index contributed by atoms with van der Waals surface area (Å²) >= 11 is 0. The van der Waals surface area contributed by atoms with E-state index in [1.165, 1.54) is 6.66 Å². The van der Waals surface area contributed by atoms with Gasteiger partial charge in [-0.15, -0.1) is 0 Å². The van der Waals surface area contributed by atoms with Crippen LogP contribution in [0.1, 0.15) is 38.5 Å². The van der Waals surface area contributed by atoms with Crippen molar-refractivity contribution in [3.63, 3.8) is 0 Å². The Morgan fingerprint density at radius 1 is 0.760 bits per heavy atom. The average molecular weight is 376 g/mol. The third-order valence-corrected chi connectivity index (χ3v) is 4.35. The van der Waals surface area contributed by atoms with Crippen molar-refractivity contribution in [2.45, 2.75) is 38.5 Å². The number of unbranched alkanes of at least 4 members (excludes halogenated alkanes) is 4. The molecule has 0 unspecified atom stereocenters. The maximum absolute atomic E-state index is 12.0. The summed E-state index contributed by atoms with van der Waals surface area (Å²) in [5.41, 5.74) is 0. The molecule has 8 heteroatoms. The van der Waals surface area contributed by atoms with Crippen molar-refractivity contribution < 1.29 is 32.7 Å². The normalized spacial score (nSPS) is 10.9. The van der Waals surface area contributed by atoms with Crippen LogP contribution in [0.3, 0.4) is 0 Å². The largest absolute Gasteiger partial charge is 0.463 e. The van der Waals surface area contributed by atoms with Crippen molar-refractivity contribution in [3.05, 3.63) is 25.3 Å². The molecule has 0 aromatic rings. The van der Waals surface area contributed by atoms with Gasteiger partial charge in [0.25, 0.3) is 0 Å². The molecule has 0 radical (unpaired) electrons. The van der Waals surface area contributed by atoms with Gasteiger partial charge in [-0.25, -0.2) is 9.59 Å². The highest BCUT2D eigenvalue weighted by atomic mass is 31.2. The Balaban J connectivity index is 3.50. The van der Waals surface area contributed by atoms with Crippen LogP contribution in [0.15, 0.2) is 25.3 Å². The van der Waals surface area contributed by atoms with Crippen molar-refractivity contribution in [3.8, 4) is 0 Å². The van der Waals surface area contributed by atoms with E-state index in [1.807, 2.05) is 0 Å². The summed E-state index contributed by atoms with van der Waals surface area (Å²) in [6.45, 7) is 9.42. The van der Waals surface area contributed by atoms with E-state index in [1.54, 1.807) is 0 Å². The Hall–Kier alpha value is -1.43. The van der Waals surface area contributed by atoms with Gasteiger partial charge >= 0.3 is 19.5 Å². The minimum absolute atomic E-state index is 0.334. The summed E-state index contributed by atoms with van der Waals surface area (Å²) in [7, 11) is -3.04. The number of carbonyl (C=O) groups is 2. The van der Waals surface area contributed by atoms with E-state index < -0.39 is 19.5 Å². The van der Waals surface area contributed by atoms with Crippen molar-refractivity contribution in [1.29, 1.82) is 0 Å². The Kier molecular flexibility index (Phi) is 14.0. The lowest BCUT2D eigenvalue weighted by molar-refractivity contribution is -0.138. The van der Waals surface area contributed by atoms with E-state index >= 15 is 0 Å². The van der Waals surface area contributed by atoms with Crippen LogP contribution in [0.4, 0.5) is 0 Å². The highest BCUT2D eigenvalue weighted by molar-refractivity contribution is 7.52. The topological polar surface area (TPSA) is 88.1 Å². The van der Waals surface area contributed by atoms with Gasteiger partial charge < -0.3 is 18.5 Å². The van der Waals surface area contributed by atoms with Gasteiger partial charge in [-0.2, -0.15) is 0 Å². The standard InChI is InChI=1S/C17H29O7P/c1-4-16(18)21-12-8-6-10-14-23-25(3,20)24-15-11-7-9-13-22-17(19)5-2/h4-5H,1-2,6-15H2,3H3. The molecule has 0 aliphatic carbocycles. The molecule has 0 aliphatic heterocycles. The SMILES string of the molecule is C=CC(=O)OCCCCCOP(C)(=O)OCCCCCOC(=O)C=C. The second kappa shape index (κ2) is 14.9. The molecular formula is C17H29O7P. The number of carbonyl (C=O) groups excluding carboxylic acids is 2. The number of ether oxygens (including phenoxy) is 2. The van der Waals surface area contributed by atoms with Gasteiger partial charge in [0.05, 0.1) is 26.4 Å². The maximum atomic E-state index is 12.0. The summed E-state index contributed by atoms with van der Waals surface area (Å²) in [5.74, 6) is -0.858. The van der Waals surface area contributed by atoms with Crippen LogP contribution in [-0.4, -0.2) is 45.0 Å². The van der Waals surface area contributed by atoms with E-state index in [-0.39, 0.29) is 0 Å². The zero-order chi connectivity index (χ0) is 19.0. The number of hydrogen-bond donors (Lipinski definition) is 0. The second-order valence-electron chi connectivity index (χ2n) is 5.30. The Morgan fingerprint density at radius 2 is 1.12 bits per heavy atom. The molecule has 0 aromatic heterocycles. The van der Waals surface area contributed by atoms with Crippen LogP contribution >= 0.6 is 7.60 Å². The summed E-state index contributed by atoms with van der Waals surface area (Å²) in [6.07, 6.45) is 6.70. The molecule has 0 atom stereocenters. The molecule has 25 heavy (non-hydrogen) atoms. The molecule has 0 spiro atoms. The molecule has 0 saturated heterocycles. The zero-order valence-electron chi connectivity index (χ0n) is 14.9. The molecule has 0 amide bonds. The number of hydrogen-bond acceptors (Lipinski definition) is 7. The first-order chi connectivity index (χ1) is 11.9. The fourth-order valence-electron chi connectivity index (χ4n) is 1.72. The molecule has 0 rings (SSSR count). The summed E-state index contributed by atoms with van der Waals surface area (Å²) in [4.78, 5) is 21.6. The van der Waals surface area contributed by atoms with Crippen LogP contribution in [-0.2, 0) is 32.7 Å². The summed E-state index contributed by atoms with van der Waals surface area (Å²) in [6, 6.07) is 0. The first-order valence-electron chi connectivity index (χ1n) is 8.36. The quantitative estimate of drug-likeness (QED) is 0.176. The van der Waals surface area contributed by atoms with E-state index in [4.69, 9.17) is 18.5 Å². The van der Waals surface area contributed by atoms with Gasteiger partial charge in [0.2, 0.25) is 0 Å². The van der Waals surface area contributed by atoms with Crippen LogP contribution in [0, 0.1) is 0 Å². The lowest BCUT2D eigenvalue weighted by Gasteiger charge is -2.14. The highest BCUT2D eigenvalue weighted by Crippen LogP contribution is 2.44. The molecule has 0 bridgehead atoms. The number of esters is 2. The smallest absolute Gasteiger partial charge is 0.330 e. The van der Waals surface area contributed by atoms with E-state index in [2.05, 4.69) is 13.2 Å². The Bertz CT molecular complexity index is 424. The predicted molar refractivity (Wildman–Crippen MR) is 95.4 cm³/mol. The number of rotatable bonds is 16. The van der Waals surface area contributed by atoms with Gasteiger partial charge in [0, 0.05) is 18.8 Å². The minimum Gasteiger partial charge on any atom is -0.463 e. The zero-order valence-corrected chi connectivity index (χ0v) is 15.8. The van der Waals surface area contributed by atoms with Crippen molar-refractivity contribution in [1.82, 2.24) is 0 Å². The van der Waals surface area contributed by atoms with Crippen molar-refractivity contribution >= 4 is 19.5 Å². The Morgan fingerprint density at radius 3 is 1.48 bits per heavy atom. The molecule has 0 aromatic carbocycles. The maximum Gasteiger partial charge on any atom is 0.330 e. The fourth-order valence-corrected chi connectivity index (χ4v) is 2.72. The highest BCUT2D eigenvalue weighted by Gasteiger charge is 2.16. The Labute approximate surface area is 149 Å².